The molecule has 1 rings (SSSR count). The lowest BCUT2D eigenvalue weighted by Crippen LogP contribution is -2.22. The molecule has 0 amide bonds. The van der Waals surface area contributed by atoms with E-state index in [1.165, 1.54) is 0 Å². The summed E-state index contributed by atoms with van der Waals surface area (Å²) in [7, 11) is 0. The number of nitrogens with zero attached hydrogens (tertiary/aromatic N) is 3. The number of hydrogen-bond acceptors (Lipinski definition) is 4. The van der Waals surface area contributed by atoms with Crippen molar-refractivity contribution in [3.05, 3.63) is 4.77 Å². The van der Waals surface area contributed by atoms with Gasteiger partial charge in [0.25, 0.3) is 0 Å². The number of nitrogens with one attached hydrogen (secondary N) is 1. The minimum atomic E-state index is 0.178. The van der Waals surface area contributed by atoms with Gasteiger partial charge in [0.2, 0.25) is 4.77 Å². The van der Waals surface area contributed by atoms with Gasteiger partial charge < -0.3 is 4.74 Å². The van der Waals surface area contributed by atoms with Gasteiger partial charge in [-0.3, -0.25) is 0 Å². The van der Waals surface area contributed by atoms with Crippen LogP contribution in [0.3, 0.4) is 0 Å². The summed E-state index contributed by atoms with van der Waals surface area (Å²) in [4.78, 5) is 0. The van der Waals surface area contributed by atoms with Crippen LogP contribution in [0.5, 0.6) is 0 Å². The average Bonchev–Trinajstić information content (AvgIpc) is 2.52. The van der Waals surface area contributed by atoms with Gasteiger partial charge in [0.1, 0.15) is 0 Å². The van der Waals surface area contributed by atoms with Crippen molar-refractivity contribution in [2.45, 2.75) is 26.8 Å². The quantitative estimate of drug-likeness (QED) is 0.759. The predicted molar refractivity (Wildman–Crippen MR) is 55.6 cm³/mol. The van der Waals surface area contributed by atoms with Crippen LogP contribution in [0, 0.1) is 10.7 Å². The molecule has 1 heterocycles. The van der Waals surface area contributed by atoms with Crippen molar-refractivity contribution < 1.29 is 4.74 Å². The maximum atomic E-state index is 5.39. The average molecular weight is 216 g/mol. The lowest BCUT2D eigenvalue weighted by Gasteiger charge is -2.20. The van der Waals surface area contributed by atoms with Crippen molar-refractivity contribution in [3.63, 3.8) is 0 Å². The van der Waals surface area contributed by atoms with Crippen molar-refractivity contribution in [1.82, 2.24) is 20.2 Å². The second-order valence-corrected chi connectivity index (χ2v) is 3.79. The minimum absolute atomic E-state index is 0.178. The molecule has 14 heavy (non-hydrogen) atoms. The Balaban J connectivity index is 2.78. The Kier molecular flexibility index (Phi) is 4.21. The Hall–Kier alpha value is -0.750. The first kappa shape index (κ1) is 11.3. The normalized spacial score (nSPS) is 13.4. The monoisotopic (exact) mass is 216 g/mol. The molecular formula is C8H16N4OS. The number of hydrogen-bond donors (Lipinski definition) is 1. The minimum Gasteiger partial charge on any atom is -0.380 e. The van der Waals surface area contributed by atoms with Gasteiger partial charge in [-0.2, -0.15) is 5.21 Å². The molecule has 0 spiro atoms. The van der Waals surface area contributed by atoms with Crippen molar-refractivity contribution in [2.75, 3.05) is 13.2 Å². The Morgan fingerprint density at radius 1 is 1.57 bits per heavy atom. The highest BCUT2D eigenvalue weighted by molar-refractivity contribution is 7.71. The molecule has 5 nitrogen and oxygen atoms in total. The summed E-state index contributed by atoms with van der Waals surface area (Å²) in [5.74, 6) is 0.426. The van der Waals surface area contributed by atoms with E-state index in [0.717, 1.165) is 0 Å². The molecule has 0 aliphatic heterocycles. The molecule has 0 fully saturated rings. The molecule has 1 atom stereocenters. The Morgan fingerprint density at radius 2 is 2.29 bits per heavy atom. The van der Waals surface area contributed by atoms with Crippen LogP contribution in [0.4, 0.5) is 0 Å². The fourth-order valence-electron chi connectivity index (χ4n) is 1.22. The standard InChI is InChI=1S/C8H16N4OS/c1-4-13-5-7(6(2)3)12-8(14)9-10-11-12/h6-7H,4-5H2,1-3H3,(H,9,11,14). The molecule has 80 valence electrons. The Morgan fingerprint density at radius 3 is 2.71 bits per heavy atom. The first-order valence-corrected chi connectivity index (χ1v) is 5.15. The smallest absolute Gasteiger partial charge is 0.238 e. The molecule has 1 aromatic rings. The van der Waals surface area contributed by atoms with Crippen LogP contribution in [0.2, 0.25) is 0 Å². The van der Waals surface area contributed by atoms with Gasteiger partial charge in [0.15, 0.2) is 0 Å². The van der Waals surface area contributed by atoms with E-state index in [-0.39, 0.29) is 6.04 Å². The van der Waals surface area contributed by atoms with Crippen molar-refractivity contribution in [1.29, 1.82) is 0 Å². The highest BCUT2D eigenvalue weighted by atomic mass is 32.1. The molecule has 0 aliphatic rings. The van der Waals surface area contributed by atoms with Crippen LogP contribution >= 0.6 is 12.2 Å². The van der Waals surface area contributed by atoms with Gasteiger partial charge in [0, 0.05) is 6.61 Å². The molecule has 0 saturated heterocycles. The first-order valence-electron chi connectivity index (χ1n) is 4.74. The summed E-state index contributed by atoms with van der Waals surface area (Å²) in [6, 6.07) is 0.178. The number of ether oxygens (including phenoxy) is 1. The topological polar surface area (TPSA) is 55.7 Å². The number of tetrazole rings is 1. The van der Waals surface area contributed by atoms with Crippen LogP contribution in [-0.2, 0) is 4.74 Å². The summed E-state index contributed by atoms with van der Waals surface area (Å²) < 4.78 is 7.64. The van der Waals surface area contributed by atoms with Gasteiger partial charge in [-0.25, -0.2) is 4.68 Å². The molecule has 1 aromatic heterocycles. The van der Waals surface area contributed by atoms with E-state index in [0.29, 0.717) is 23.9 Å². The van der Waals surface area contributed by atoms with Gasteiger partial charge in [-0.05, 0) is 25.1 Å². The van der Waals surface area contributed by atoms with Crippen LogP contribution in [-0.4, -0.2) is 33.4 Å². The van der Waals surface area contributed by atoms with Crippen LogP contribution in [0.15, 0.2) is 0 Å². The van der Waals surface area contributed by atoms with Gasteiger partial charge in [0.05, 0.1) is 12.6 Å². The second kappa shape index (κ2) is 5.21. The second-order valence-electron chi connectivity index (χ2n) is 3.42. The third-order valence-electron chi connectivity index (χ3n) is 2.09. The molecule has 1 N–H and O–H groups in total. The molecule has 0 aromatic carbocycles. The van der Waals surface area contributed by atoms with Gasteiger partial charge in [-0.15, -0.1) is 0 Å². The third kappa shape index (κ3) is 2.62. The fraction of sp³-hybridized carbons (Fsp3) is 0.875. The van der Waals surface area contributed by atoms with E-state index in [1.54, 1.807) is 4.68 Å². The lowest BCUT2D eigenvalue weighted by atomic mass is 10.1. The SMILES string of the molecule is CCOCC(C(C)C)n1[nH]nnc1=S. The molecule has 6 heteroatoms. The zero-order chi connectivity index (χ0) is 10.6. The van der Waals surface area contributed by atoms with E-state index >= 15 is 0 Å². The summed E-state index contributed by atoms with van der Waals surface area (Å²) >= 11 is 5.03. The zero-order valence-corrected chi connectivity index (χ0v) is 9.54. The lowest BCUT2D eigenvalue weighted by molar-refractivity contribution is 0.0900. The maximum Gasteiger partial charge on any atom is 0.238 e. The summed E-state index contributed by atoms with van der Waals surface area (Å²) in [6.45, 7) is 7.55. The van der Waals surface area contributed by atoms with E-state index in [4.69, 9.17) is 17.0 Å². The first-order chi connectivity index (χ1) is 6.66. The molecule has 0 radical (unpaired) electrons. The number of aromatic amines is 1. The number of H-pyrrole nitrogens is 1. The number of aromatic nitrogens is 4. The van der Waals surface area contributed by atoms with E-state index in [2.05, 4.69) is 29.4 Å². The zero-order valence-electron chi connectivity index (χ0n) is 8.73. The van der Waals surface area contributed by atoms with E-state index in [1.807, 2.05) is 6.92 Å². The van der Waals surface area contributed by atoms with E-state index < -0.39 is 0 Å². The van der Waals surface area contributed by atoms with E-state index in [9.17, 15) is 0 Å². The van der Waals surface area contributed by atoms with Crippen LogP contribution in [0.25, 0.3) is 0 Å². The van der Waals surface area contributed by atoms with Crippen LogP contribution in [0.1, 0.15) is 26.8 Å². The third-order valence-corrected chi connectivity index (χ3v) is 2.37. The van der Waals surface area contributed by atoms with Gasteiger partial charge >= 0.3 is 0 Å². The highest BCUT2D eigenvalue weighted by Gasteiger charge is 2.17. The molecule has 0 bridgehead atoms. The highest BCUT2D eigenvalue weighted by Crippen LogP contribution is 2.16. The summed E-state index contributed by atoms with van der Waals surface area (Å²) in [5.41, 5.74) is 0. The maximum absolute atomic E-state index is 5.39. The molecule has 1 unspecified atom stereocenters. The van der Waals surface area contributed by atoms with Crippen molar-refractivity contribution in [2.24, 2.45) is 5.92 Å². The fourth-order valence-corrected chi connectivity index (χ4v) is 1.44. The molecule has 0 aliphatic carbocycles. The molecular weight excluding hydrogens is 200 g/mol. The van der Waals surface area contributed by atoms with Crippen molar-refractivity contribution in [3.8, 4) is 0 Å². The Labute approximate surface area is 88.4 Å². The summed E-state index contributed by atoms with van der Waals surface area (Å²) in [6.07, 6.45) is 0. The predicted octanol–water partition coefficient (Wildman–Crippen LogP) is 1.57. The molecule has 0 saturated carbocycles. The van der Waals surface area contributed by atoms with Gasteiger partial charge in [-0.1, -0.05) is 24.2 Å². The number of rotatable bonds is 5. The van der Waals surface area contributed by atoms with Crippen LogP contribution < -0.4 is 0 Å². The summed E-state index contributed by atoms with van der Waals surface area (Å²) in [5, 5.41) is 10.2. The largest absolute Gasteiger partial charge is 0.380 e. The Bertz CT molecular complexity index is 319. The van der Waals surface area contributed by atoms with Crippen molar-refractivity contribution >= 4 is 12.2 Å².